The minimum atomic E-state index is -0.524. The van der Waals surface area contributed by atoms with Gasteiger partial charge in [0.15, 0.2) is 0 Å². The predicted molar refractivity (Wildman–Crippen MR) is 65.6 cm³/mol. The zero-order valence-corrected chi connectivity index (χ0v) is 9.29. The number of nitrogens with one attached hydrogen (secondary N) is 2. The molecule has 4 N–H and O–H groups in total. The average molecular weight is 245 g/mol. The van der Waals surface area contributed by atoms with Crippen molar-refractivity contribution < 1.29 is 15.0 Å². The zero-order chi connectivity index (χ0) is 13.0. The standard InChI is InChI=1S/C12H11N3O3/c16-10-4-8(5-11(17)6-10)12(18)15-14-7-9-2-1-3-13-9/h1-7,13,16-17H,(H,15,18)/b14-7-. The van der Waals surface area contributed by atoms with Crippen molar-refractivity contribution in [2.75, 3.05) is 0 Å². The predicted octanol–water partition coefficient (Wildman–Crippen LogP) is 1.19. The molecule has 0 spiro atoms. The van der Waals surface area contributed by atoms with Gasteiger partial charge in [0.05, 0.1) is 11.9 Å². The van der Waals surface area contributed by atoms with Crippen LogP contribution in [0.3, 0.4) is 0 Å². The molecule has 0 saturated carbocycles. The van der Waals surface area contributed by atoms with Gasteiger partial charge in [-0.1, -0.05) is 0 Å². The Labute approximate surface area is 103 Å². The topological polar surface area (TPSA) is 97.7 Å². The van der Waals surface area contributed by atoms with E-state index in [1.54, 1.807) is 18.3 Å². The lowest BCUT2D eigenvalue weighted by molar-refractivity contribution is 0.0954. The van der Waals surface area contributed by atoms with E-state index in [-0.39, 0.29) is 17.1 Å². The summed E-state index contributed by atoms with van der Waals surface area (Å²) in [6, 6.07) is 7.20. The third-order valence-corrected chi connectivity index (χ3v) is 2.16. The molecule has 18 heavy (non-hydrogen) atoms. The Morgan fingerprint density at radius 2 is 2.00 bits per heavy atom. The lowest BCUT2D eigenvalue weighted by atomic mass is 10.2. The summed E-state index contributed by atoms with van der Waals surface area (Å²) >= 11 is 0. The van der Waals surface area contributed by atoms with E-state index >= 15 is 0 Å². The maximum Gasteiger partial charge on any atom is 0.271 e. The molecule has 6 heteroatoms. The molecule has 92 valence electrons. The molecule has 0 unspecified atom stereocenters. The van der Waals surface area contributed by atoms with Gasteiger partial charge < -0.3 is 15.2 Å². The van der Waals surface area contributed by atoms with Crippen molar-refractivity contribution >= 4 is 12.1 Å². The molecule has 0 radical (unpaired) electrons. The lowest BCUT2D eigenvalue weighted by Gasteiger charge is -2.01. The summed E-state index contributed by atoms with van der Waals surface area (Å²) in [5, 5.41) is 22.2. The molecule has 1 amide bonds. The third kappa shape index (κ3) is 2.88. The molecule has 0 aliphatic rings. The molecular weight excluding hydrogens is 234 g/mol. The molecule has 1 aromatic carbocycles. The van der Waals surface area contributed by atoms with Crippen molar-refractivity contribution in [3.63, 3.8) is 0 Å². The third-order valence-electron chi connectivity index (χ3n) is 2.16. The fourth-order valence-electron chi connectivity index (χ4n) is 1.38. The summed E-state index contributed by atoms with van der Waals surface area (Å²) < 4.78 is 0. The first-order chi connectivity index (χ1) is 8.65. The summed E-state index contributed by atoms with van der Waals surface area (Å²) in [4.78, 5) is 14.5. The van der Waals surface area contributed by atoms with Gasteiger partial charge >= 0.3 is 0 Å². The first-order valence-electron chi connectivity index (χ1n) is 5.15. The average Bonchev–Trinajstić information content (AvgIpc) is 2.80. The van der Waals surface area contributed by atoms with Gasteiger partial charge in [0.1, 0.15) is 11.5 Å². The van der Waals surface area contributed by atoms with Gasteiger partial charge in [0.25, 0.3) is 5.91 Å². The van der Waals surface area contributed by atoms with E-state index in [9.17, 15) is 15.0 Å². The molecular formula is C12H11N3O3. The summed E-state index contributed by atoms with van der Waals surface area (Å²) in [5.74, 6) is -0.897. The smallest absolute Gasteiger partial charge is 0.271 e. The van der Waals surface area contributed by atoms with Crippen molar-refractivity contribution in [3.05, 3.63) is 47.8 Å². The highest BCUT2D eigenvalue weighted by atomic mass is 16.3. The molecule has 1 aromatic heterocycles. The molecule has 1 heterocycles. The van der Waals surface area contributed by atoms with E-state index in [0.29, 0.717) is 0 Å². The number of amides is 1. The van der Waals surface area contributed by atoms with E-state index in [1.807, 2.05) is 0 Å². The van der Waals surface area contributed by atoms with Crippen molar-refractivity contribution in [1.82, 2.24) is 10.4 Å². The molecule has 0 aliphatic heterocycles. The van der Waals surface area contributed by atoms with E-state index < -0.39 is 5.91 Å². The number of aromatic hydroxyl groups is 2. The minimum absolute atomic E-state index is 0.121. The van der Waals surface area contributed by atoms with Gasteiger partial charge in [0, 0.05) is 17.8 Å². The van der Waals surface area contributed by atoms with Crippen LogP contribution in [0.25, 0.3) is 0 Å². The number of carbonyl (C=O) groups is 1. The first kappa shape index (κ1) is 11.7. The second kappa shape index (κ2) is 5.05. The molecule has 0 fully saturated rings. The molecule has 2 rings (SSSR count). The Morgan fingerprint density at radius 3 is 2.61 bits per heavy atom. The van der Waals surface area contributed by atoms with Crippen LogP contribution in [0.1, 0.15) is 16.1 Å². The largest absolute Gasteiger partial charge is 0.508 e. The van der Waals surface area contributed by atoms with Gasteiger partial charge in [-0.2, -0.15) is 5.10 Å². The van der Waals surface area contributed by atoms with Crippen LogP contribution >= 0.6 is 0 Å². The Kier molecular flexibility index (Phi) is 3.29. The highest BCUT2D eigenvalue weighted by Crippen LogP contribution is 2.20. The number of rotatable bonds is 3. The Balaban J connectivity index is 2.03. The van der Waals surface area contributed by atoms with Gasteiger partial charge in [0.2, 0.25) is 0 Å². The van der Waals surface area contributed by atoms with Crippen LogP contribution in [0, 0.1) is 0 Å². The summed E-state index contributed by atoms with van der Waals surface area (Å²) in [5.41, 5.74) is 3.15. The second-order valence-corrected chi connectivity index (χ2v) is 3.56. The van der Waals surface area contributed by atoms with Crippen LogP contribution in [-0.4, -0.2) is 27.3 Å². The fraction of sp³-hybridized carbons (Fsp3) is 0. The molecule has 0 aliphatic carbocycles. The zero-order valence-electron chi connectivity index (χ0n) is 9.29. The summed E-state index contributed by atoms with van der Waals surface area (Å²) in [7, 11) is 0. The lowest BCUT2D eigenvalue weighted by Crippen LogP contribution is -2.17. The van der Waals surface area contributed by atoms with Crippen molar-refractivity contribution in [2.24, 2.45) is 5.10 Å². The SMILES string of the molecule is O=C(N/N=C\c1ccc[nH]1)c1cc(O)cc(O)c1. The minimum Gasteiger partial charge on any atom is -0.508 e. The second-order valence-electron chi connectivity index (χ2n) is 3.56. The van der Waals surface area contributed by atoms with Crippen molar-refractivity contribution in [3.8, 4) is 11.5 Å². The first-order valence-corrected chi connectivity index (χ1v) is 5.15. The Morgan fingerprint density at radius 1 is 1.28 bits per heavy atom. The summed E-state index contributed by atoms with van der Waals surface area (Å²) in [6.07, 6.45) is 3.18. The van der Waals surface area contributed by atoms with Crippen molar-refractivity contribution in [2.45, 2.75) is 0 Å². The Hall–Kier alpha value is -2.76. The van der Waals surface area contributed by atoms with Crippen LogP contribution in [-0.2, 0) is 0 Å². The Bertz CT molecular complexity index is 556. The quantitative estimate of drug-likeness (QED) is 0.483. The number of hydrogen-bond acceptors (Lipinski definition) is 4. The number of H-pyrrole nitrogens is 1. The monoisotopic (exact) mass is 245 g/mol. The van der Waals surface area contributed by atoms with E-state index in [1.165, 1.54) is 18.3 Å². The molecule has 0 bridgehead atoms. The number of aromatic amines is 1. The summed E-state index contributed by atoms with van der Waals surface area (Å²) in [6.45, 7) is 0. The number of hydrogen-bond donors (Lipinski definition) is 4. The van der Waals surface area contributed by atoms with Gasteiger partial charge in [-0.25, -0.2) is 5.43 Å². The number of benzene rings is 1. The van der Waals surface area contributed by atoms with E-state index in [0.717, 1.165) is 11.8 Å². The number of nitrogens with zero attached hydrogens (tertiary/aromatic N) is 1. The van der Waals surface area contributed by atoms with Crippen LogP contribution in [0.15, 0.2) is 41.6 Å². The van der Waals surface area contributed by atoms with E-state index in [4.69, 9.17) is 0 Å². The van der Waals surface area contributed by atoms with Crippen LogP contribution in [0.2, 0.25) is 0 Å². The van der Waals surface area contributed by atoms with Gasteiger partial charge in [-0.3, -0.25) is 4.79 Å². The fourth-order valence-corrected chi connectivity index (χ4v) is 1.38. The van der Waals surface area contributed by atoms with Crippen LogP contribution in [0.4, 0.5) is 0 Å². The maximum atomic E-state index is 11.6. The molecule has 0 saturated heterocycles. The highest BCUT2D eigenvalue weighted by Gasteiger charge is 2.07. The maximum absolute atomic E-state index is 11.6. The molecule has 0 atom stereocenters. The van der Waals surface area contributed by atoms with Crippen molar-refractivity contribution in [1.29, 1.82) is 0 Å². The number of carbonyl (C=O) groups excluding carboxylic acids is 1. The number of phenols is 2. The van der Waals surface area contributed by atoms with E-state index in [2.05, 4.69) is 15.5 Å². The molecule has 2 aromatic rings. The van der Waals surface area contributed by atoms with Gasteiger partial charge in [-0.05, 0) is 24.3 Å². The van der Waals surface area contributed by atoms with Crippen LogP contribution < -0.4 is 5.43 Å². The number of aromatic nitrogens is 1. The molecule has 6 nitrogen and oxygen atoms in total. The number of phenolic OH excluding ortho intramolecular Hbond substituents is 2. The number of hydrazone groups is 1. The van der Waals surface area contributed by atoms with Crippen LogP contribution in [0.5, 0.6) is 11.5 Å². The normalized spacial score (nSPS) is 10.7. The van der Waals surface area contributed by atoms with Gasteiger partial charge in [-0.15, -0.1) is 0 Å². The highest BCUT2D eigenvalue weighted by molar-refractivity contribution is 5.95.